The van der Waals surface area contributed by atoms with Crippen molar-refractivity contribution in [1.29, 1.82) is 0 Å². The quantitative estimate of drug-likeness (QED) is 0.881. The van der Waals surface area contributed by atoms with Gasteiger partial charge in [-0.25, -0.2) is 0 Å². The van der Waals surface area contributed by atoms with Gasteiger partial charge in [0.2, 0.25) is 0 Å². The summed E-state index contributed by atoms with van der Waals surface area (Å²) in [7, 11) is 1.57. The Kier molecular flexibility index (Phi) is 5.42. The second-order valence-corrected chi connectivity index (χ2v) is 5.26. The van der Waals surface area contributed by atoms with Gasteiger partial charge in [0, 0.05) is 5.69 Å². The number of para-hydroxylation sites is 2. The van der Waals surface area contributed by atoms with Crippen molar-refractivity contribution in [2.24, 2.45) is 0 Å². The molecule has 0 aliphatic carbocycles. The molecule has 2 aromatic carbocycles. The molecule has 0 fully saturated rings. The van der Waals surface area contributed by atoms with Crippen molar-refractivity contribution in [3.63, 3.8) is 0 Å². The van der Waals surface area contributed by atoms with Crippen molar-refractivity contribution >= 4 is 11.6 Å². The van der Waals surface area contributed by atoms with Gasteiger partial charge in [0.25, 0.3) is 5.91 Å². The van der Waals surface area contributed by atoms with Crippen LogP contribution >= 0.6 is 0 Å². The molecule has 0 radical (unpaired) electrons. The van der Waals surface area contributed by atoms with Gasteiger partial charge < -0.3 is 14.8 Å². The molecule has 4 nitrogen and oxygen atoms in total. The Morgan fingerprint density at radius 3 is 2.27 bits per heavy atom. The maximum atomic E-state index is 11.9. The predicted octanol–water partition coefficient (Wildman–Crippen LogP) is 3.84. The van der Waals surface area contributed by atoms with Crippen LogP contribution in [0.3, 0.4) is 0 Å². The molecule has 0 heterocycles. The van der Waals surface area contributed by atoms with E-state index >= 15 is 0 Å². The number of nitrogens with one attached hydrogen (secondary N) is 1. The number of amides is 1. The lowest BCUT2D eigenvalue weighted by Gasteiger charge is -2.11. The highest BCUT2D eigenvalue weighted by Gasteiger charge is 2.07. The fourth-order valence-electron chi connectivity index (χ4n) is 2.03. The summed E-state index contributed by atoms with van der Waals surface area (Å²) in [6.07, 6.45) is 0. The highest BCUT2D eigenvalue weighted by atomic mass is 16.5. The first kappa shape index (κ1) is 15.9. The molecule has 0 bridgehead atoms. The average molecular weight is 299 g/mol. The molecule has 0 aliphatic heterocycles. The summed E-state index contributed by atoms with van der Waals surface area (Å²) < 4.78 is 10.7. The Balaban J connectivity index is 1.90. The van der Waals surface area contributed by atoms with E-state index in [1.54, 1.807) is 19.2 Å². The number of carbonyl (C=O) groups excluding carboxylic acids is 1. The largest absolute Gasteiger partial charge is 0.493 e. The van der Waals surface area contributed by atoms with Gasteiger partial charge in [-0.05, 0) is 35.7 Å². The first-order valence-electron chi connectivity index (χ1n) is 7.25. The van der Waals surface area contributed by atoms with E-state index in [9.17, 15) is 4.79 Å². The van der Waals surface area contributed by atoms with Crippen LogP contribution in [0, 0.1) is 0 Å². The molecule has 1 amide bonds. The van der Waals surface area contributed by atoms with Crippen molar-refractivity contribution in [1.82, 2.24) is 0 Å². The molecule has 1 N–H and O–H groups in total. The van der Waals surface area contributed by atoms with Crippen LogP contribution in [0.5, 0.6) is 11.5 Å². The summed E-state index contributed by atoms with van der Waals surface area (Å²) in [5.41, 5.74) is 2.00. The van der Waals surface area contributed by atoms with Gasteiger partial charge in [0.15, 0.2) is 18.1 Å². The zero-order valence-corrected chi connectivity index (χ0v) is 13.1. The first-order chi connectivity index (χ1) is 10.6. The van der Waals surface area contributed by atoms with Crippen molar-refractivity contribution in [2.45, 2.75) is 19.8 Å². The van der Waals surface area contributed by atoms with Gasteiger partial charge in [0.1, 0.15) is 0 Å². The second-order valence-electron chi connectivity index (χ2n) is 5.26. The van der Waals surface area contributed by atoms with E-state index in [0.29, 0.717) is 17.4 Å². The monoisotopic (exact) mass is 299 g/mol. The molecule has 4 heteroatoms. The normalized spacial score (nSPS) is 10.4. The van der Waals surface area contributed by atoms with Crippen LogP contribution in [0.15, 0.2) is 48.5 Å². The van der Waals surface area contributed by atoms with E-state index in [0.717, 1.165) is 5.69 Å². The minimum atomic E-state index is -0.205. The summed E-state index contributed by atoms with van der Waals surface area (Å²) in [4.78, 5) is 11.9. The van der Waals surface area contributed by atoms with Crippen LogP contribution in [-0.4, -0.2) is 19.6 Å². The standard InChI is InChI=1S/C18H21NO3/c1-13(2)14-8-10-15(11-9-14)19-18(20)12-22-17-7-5-4-6-16(17)21-3/h4-11,13H,12H2,1-3H3,(H,19,20). The third-order valence-corrected chi connectivity index (χ3v) is 3.29. The van der Waals surface area contributed by atoms with Crippen LogP contribution in [0.25, 0.3) is 0 Å². The zero-order chi connectivity index (χ0) is 15.9. The smallest absolute Gasteiger partial charge is 0.262 e. The minimum Gasteiger partial charge on any atom is -0.493 e. The summed E-state index contributed by atoms with van der Waals surface area (Å²) in [5.74, 6) is 1.42. The average Bonchev–Trinajstić information content (AvgIpc) is 2.53. The third-order valence-electron chi connectivity index (χ3n) is 3.29. The molecule has 0 saturated heterocycles. The maximum Gasteiger partial charge on any atom is 0.262 e. The fraction of sp³-hybridized carbons (Fsp3) is 0.278. The van der Waals surface area contributed by atoms with Crippen molar-refractivity contribution < 1.29 is 14.3 Å². The molecule has 116 valence electrons. The summed E-state index contributed by atoms with van der Waals surface area (Å²) in [6, 6.07) is 15.1. The zero-order valence-electron chi connectivity index (χ0n) is 13.1. The third kappa shape index (κ3) is 4.25. The van der Waals surface area contributed by atoms with Gasteiger partial charge in [-0.1, -0.05) is 38.1 Å². The van der Waals surface area contributed by atoms with Crippen LogP contribution in [0.4, 0.5) is 5.69 Å². The number of hydrogen-bond donors (Lipinski definition) is 1. The number of rotatable bonds is 6. The number of anilines is 1. The molecule has 2 rings (SSSR count). The Hall–Kier alpha value is -2.49. The summed E-state index contributed by atoms with van der Waals surface area (Å²) in [5, 5.41) is 2.81. The number of hydrogen-bond acceptors (Lipinski definition) is 3. The lowest BCUT2D eigenvalue weighted by molar-refractivity contribution is -0.118. The molecule has 0 spiro atoms. The molecule has 0 atom stereocenters. The Bertz CT molecular complexity index is 620. The van der Waals surface area contributed by atoms with Gasteiger partial charge in [0.05, 0.1) is 7.11 Å². The van der Waals surface area contributed by atoms with Gasteiger partial charge >= 0.3 is 0 Å². The van der Waals surface area contributed by atoms with E-state index in [4.69, 9.17) is 9.47 Å². The molecule has 0 aromatic heterocycles. The van der Waals surface area contributed by atoms with Crippen LogP contribution in [0.2, 0.25) is 0 Å². The van der Waals surface area contributed by atoms with E-state index in [1.807, 2.05) is 36.4 Å². The first-order valence-corrected chi connectivity index (χ1v) is 7.25. The summed E-state index contributed by atoms with van der Waals surface area (Å²) in [6.45, 7) is 4.20. The van der Waals surface area contributed by atoms with Gasteiger partial charge in [-0.2, -0.15) is 0 Å². The number of benzene rings is 2. The Labute approximate surface area is 131 Å². The topological polar surface area (TPSA) is 47.6 Å². The SMILES string of the molecule is COc1ccccc1OCC(=O)Nc1ccc(C(C)C)cc1. The van der Waals surface area contributed by atoms with Crippen LogP contribution < -0.4 is 14.8 Å². The van der Waals surface area contributed by atoms with Crippen molar-refractivity contribution in [2.75, 3.05) is 19.0 Å². The predicted molar refractivity (Wildman–Crippen MR) is 87.6 cm³/mol. The molecule has 0 aliphatic rings. The number of ether oxygens (including phenoxy) is 2. The molecule has 0 unspecified atom stereocenters. The van der Waals surface area contributed by atoms with Crippen molar-refractivity contribution in [3.8, 4) is 11.5 Å². The molecule has 2 aromatic rings. The van der Waals surface area contributed by atoms with E-state index in [-0.39, 0.29) is 12.5 Å². The van der Waals surface area contributed by atoms with Gasteiger partial charge in [-0.3, -0.25) is 4.79 Å². The number of methoxy groups -OCH3 is 1. The Morgan fingerprint density at radius 1 is 1.05 bits per heavy atom. The highest BCUT2D eigenvalue weighted by molar-refractivity contribution is 5.91. The summed E-state index contributed by atoms with van der Waals surface area (Å²) >= 11 is 0. The van der Waals surface area contributed by atoms with E-state index in [2.05, 4.69) is 19.2 Å². The number of carbonyl (C=O) groups is 1. The second kappa shape index (κ2) is 7.50. The van der Waals surface area contributed by atoms with Gasteiger partial charge in [-0.15, -0.1) is 0 Å². The van der Waals surface area contributed by atoms with Crippen LogP contribution in [0.1, 0.15) is 25.3 Å². The maximum absolute atomic E-state index is 11.9. The fourth-order valence-corrected chi connectivity index (χ4v) is 2.03. The lowest BCUT2D eigenvalue weighted by Crippen LogP contribution is -2.20. The minimum absolute atomic E-state index is 0.0632. The highest BCUT2D eigenvalue weighted by Crippen LogP contribution is 2.25. The molecule has 22 heavy (non-hydrogen) atoms. The van der Waals surface area contributed by atoms with Crippen LogP contribution in [-0.2, 0) is 4.79 Å². The van der Waals surface area contributed by atoms with Crippen molar-refractivity contribution in [3.05, 3.63) is 54.1 Å². The Morgan fingerprint density at radius 2 is 1.68 bits per heavy atom. The molecule has 0 saturated carbocycles. The lowest BCUT2D eigenvalue weighted by atomic mass is 10.0. The van der Waals surface area contributed by atoms with E-state index in [1.165, 1.54) is 5.56 Å². The molecular formula is C18H21NO3. The van der Waals surface area contributed by atoms with E-state index < -0.39 is 0 Å². The molecular weight excluding hydrogens is 278 g/mol.